The van der Waals surface area contributed by atoms with Crippen LogP contribution in [0.15, 0.2) is 34.2 Å². The number of carbonyl (C=O) groups excluding carboxylic acids is 1. The average Bonchev–Trinajstić information content (AvgIpc) is 3.09. The molecule has 1 aliphatic heterocycles. The van der Waals surface area contributed by atoms with Crippen LogP contribution in [0.4, 0.5) is 0 Å². The van der Waals surface area contributed by atoms with Crippen molar-refractivity contribution >= 4 is 50.8 Å². The van der Waals surface area contributed by atoms with Gasteiger partial charge < -0.3 is 4.90 Å². The number of hydrogen-bond donors (Lipinski definition) is 0. The van der Waals surface area contributed by atoms with Crippen molar-refractivity contribution in [2.24, 2.45) is 0 Å². The van der Waals surface area contributed by atoms with Gasteiger partial charge in [-0.3, -0.25) is 14.2 Å². The summed E-state index contributed by atoms with van der Waals surface area (Å²) >= 11 is 9.03. The number of fused-ring (bicyclic) bond motifs is 1. The Labute approximate surface area is 208 Å². The number of benzene rings is 1. The Kier molecular flexibility index (Phi) is 7.51. The summed E-state index contributed by atoms with van der Waals surface area (Å²) in [6, 6.07) is 7.68. The molecule has 1 aromatic carbocycles. The fraction of sp³-hybridized carbons (Fsp3) is 0.480. The van der Waals surface area contributed by atoms with Crippen LogP contribution in [0.25, 0.3) is 15.9 Å². The summed E-state index contributed by atoms with van der Waals surface area (Å²) in [6.45, 7) is 8.39. The zero-order valence-corrected chi connectivity index (χ0v) is 21.9. The first-order chi connectivity index (χ1) is 15.8. The number of hydrogen-bond acceptors (Lipinski definition) is 5. The molecule has 3 aromatic rings. The highest BCUT2D eigenvalue weighted by atomic mass is 35.5. The molecule has 3 heterocycles. The number of aryl methyl sites for hydroxylation is 2. The number of thiophene rings is 1. The SMILES string of the molecule is CCCc1sc2nc(SCC(=O)N3[C@H](C)CCC[C@@H]3C)n(-c3ccc(Cl)cc3)c(=O)c2c1C. The first kappa shape index (κ1) is 24.3. The minimum atomic E-state index is -0.0897. The van der Waals surface area contributed by atoms with E-state index in [4.69, 9.17) is 16.6 Å². The summed E-state index contributed by atoms with van der Waals surface area (Å²) in [6.07, 6.45) is 5.18. The summed E-state index contributed by atoms with van der Waals surface area (Å²) in [4.78, 5) is 35.7. The lowest BCUT2D eigenvalue weighted by Gasteiger charge is -2.39. The third kappa shape index (κ3) is 4.86. The monoisotopic (exact) mass is 503 g/mol. The summed E-state index contributed by atoms with van der Waals surface area (Å²) in [5, 5.41) is 1.83. The average molecular weight is 504 g/mol. The standard InChI is InChI=1S/C25H30ClN3O2S2/c1-5-7-20-17(4)22-23(33-20)27-25(29(24(22)31)19-12-10-18(26)11-13-19)32-14-21(30)28-15(2)8-6-9-16(28)3/h10-13,15-16H,5-9,14H2,1-4H3/t15-,16+. The zero-order valence-electron chi connectivity index (χ0n) is 19.6. The molecule has 0 radical (unpaired) electrons. The second-order valence-electron chi connectivity index (χ2n) is 8.81. The van der Waals surface area contributed by atoms with Crippen LogP contribution in [0.5, 0.6) is 0 Å². The molecule has 1 saturated heterocycles. The van der Waals surface area contributed by atoms with Gasteiger partial charge in [0.25, 0.3) is 5.56 Å². The van der Waals surface area contributed by atoms with E-state index in [0.29, 0.717) is 21.3 Å². The summed E-state index contributed by atoms with van der Waals surface area (Å²) in [5.41, 5.74) is 1.63. The van der Waals surface area contributed by atoms with Crippen LogP contribution in [-0.4, -0.2) is 38.2 Å². The molecule has 2 aromatic heterocycles. The lowest BCUT2D eigenvalue weighted by atomic mass is 9.98. The van der Waals surface area contributed by atoms with Crippen LogP contribution < -0.4 is 5.56 Å². The number of likely N-dealkylation sites (tertiary alicyclic amines) is 1. The van der Waals surface area contributed by atoms with E-state index in [1.54, 1.807) is 28.0 Å². The van der Waals surface area contributed by atoms with Gasteiger partial charge in [-0.2, -0.15) is 0 Å². The Morgan fingerprint density at radius 1 is 1.21 bits per heavy atom. The van der Waals surface area contributed by atoms with Gasteiger partial charge in [0.1, 0.15) is 4.83 Å². The number of thioether (sulfide) groups is 1. The number of rotatable bonds is 6. The Bertz CT molecular complexity index is 1210. The van der Waals surface area contributed by atoms with E-state index < -0.39 is 0 Å². The van der Waals surface area contributed by atoms with Crippen molar-refractivity contribution < 1.29 is 4.79 Å². The van der Waals surface area contributed by atoms with Gasteiger partial charge in [0, 0.05) is 22.0 Å². The first-order valence-electron chi connectivity index (χ1n) is 11.6. The zero-order chi connectivity index (χ0) is 23.7. The molecule has 0 saturated carbocycles. The van der Waals surface area contributed by atoms with E-state index in [0.717, 1.165) is 42.5 Å². The molecule has 5 nitrogen and oxygen atoms in total. The van der Waals surface area contributed by atoms with Crippen LogP contribution in [-0.2, 0) is 11.2 Å². The highest BCUT2D eigenvalue weighted by Gasteiger charge is 2.29. The third-order valence-corrected chi connectivity index (χ3v) is 8.82. The van der Waals surface area contributed by atoms with Crippen molar-refractivity contribution in [2.45, 2.75) is 77.0 Å². The van der Waals surface area contributed by atoms with Crippen molar-refractivity contribution in [3.8, 4) is 5.69 Å². The molecule has 176 valence electrons. The molecule has 1 aliphatic rings. The molecule has 0 unspecified atom stereocenters. The number of amides is 1. The fourth-order valence-corrected chi connectivity index (χ4v) is 7.03. The fourth-order valence-electron chi connectivity index (χ4n) is 4.70. The predicted molar refractivity (Wildman–Crippen MR) is 139 cm³/mol. The first-order valence-corrected chi connectivity index (χ1v) is 13.7. The topological polar surface area (TPSA) is 55.2 Å². The lowest BCUT2D eigenvalue weighted by Crippen LogP contribution is -2.48. The van der Waals surface area contributed by atoms with E-state index >= 15 is 0 Å². The van der Waals surface area contributed by atoms with Gasteiger partial charge in [0.05, 0.1) is 16.8 Å². The van der Waals surface area contributed by atoms with E-state index in [9.17, 15) is 9.59 Å². The summed E-state index contributed by atoms with van der Waals surface area (Å²) in [5.74, 6) is 0.359. The maximum Gasteiger partial charge on any atom is 0.267 e. The van der Waals surface area contributed by atoms with Crippen LogP contribution in [0.1, 0.15) is 56.9 Å². The van der Waals surface area contributed by atoms with Gasteiger partial charge in [-0.25, -0.2) is 4.98 Å². The number of nitrogens with zero attached hydrogens (tertiary/aromatic N) is 3. The van der Waals surface area contributed by atoms with Crippen molar-refractivity contribution in [1.29, 1.82) is 0 Å². The van der Waals surface area contributed by atoms with Gasteiger partial charge in [-0.15, -0.1) is 11.3 Å². The van der Waals surface area contributed by atoms with E-state index in [-0.39, 0.29) is 29.3 Å². The van der Waals surface area contributed by atoms with Gasteiger partial charge >= 0.3 is 0 Å². The summed E-state index contributed by atoms with van der Waals surface area (Å²) in [7, 11) is 0. The van der Waals surface area contributed by atoms with Gasteiger partial charge in [-0.1, -0.05) is 36.7 Å². The van der Waals surface area contributed by atoms with Crippen molar-refractivity contribution in [3.05, 3.63) is 50.1 Å². The van der Waals surface area contributed by atoms with Crippen LogP contribution in [0.2, 0.25) is 5.02 Å². The van der Waals surface area contributed by atoms with Crippen molar-refractivity contribution in [3.63, 3.8) is 0 Å². The van der Waals surface area contributed by atoms with Gasteiger partial charge in [-0.05, 0) is 76.3 Å². The highest BCUT2D eigenvalue weighted by molar-refractivity contribution is 7.99. The minimum absolute atomic E-state index is 0.0897. The molecule has 33 heavy (non-hydrogen) atoms. The predicted octanol–water partition coefficient (Wildman–Crippen LogP) is 6.24. The number of halogens is 1. The minimum Gasteiger partial charge on any atom is -0.337 e. The smallest absolute Gasteiger partial charge is 0.267 e. The van der Waals surface area contributed by atoms with E-state index in [2.05, 4.69) is 20.8 Å². The maximum atomic E-state index is 13.7. The Balaban J connectivity index is 1.75. The number of carbonyl (C=O) groups is 1. The van der Waals surface area contributed by atoms with Crippen molar-refractivity contribution in [1.82, 2.24) is 14.5 Å². The third-order valence-electron chi connectivity index (χ3n) is 6.40. The Morgan fingerprint density at radius 2 is 1.88 bits per heavy atom. The molecule has 0 aliphatic carbocycles. The normalized spacial score (nSPS) is 18.8. The lowest BCUT2D eigenvalue weighted by molar-refractivity contribution is -0.134. The molecule has 4 rings (SSSR count). The van der Waals surface area contributed by atoms with Crippen LogP contribution >= 0.6 is 34.7 Å². The quantitative estimate of drug-likeness (QED) is 0.295. The highest BCUT2D eigenvalue weighted by Crippen LogP contribution is 2.32. The Hall–Kier alpha value is -1.83. The molecule has 8 heteroatoms. The van der Waals surface area contributed by atoms with E-state index in [1.807, 2.05) is 24.0 Å². The molecule has 0 bridgehead atoms. The molecule has 2 atom stereocenters. The van der Waals surface area contributed by atoms with Crippen LogP contribution in [0.3, 0.4) is 0 Å². The molecule has 1 amide bonds. The second kappa shape index (κ2) is 10.2. The largest absolute Gasteiger partial charge is 0.337 e. The second-order valence-corrected chi connectivity index (χ2v) is 11.3. The molecule has 0 N–H and O–H groups in total. The molecule has 0 spiro atoms. The number of aromatic nitrogens is 2. The molecular weight excluding hydrogens is 474 g/mol. The van der Waals surface area contributed by atoms with E-state index in [1.165, 1.54) is 16.6 Å². The molecular formula is C25H30ClN3O2S2. The Morgan fingerprint density at radius 3 is 2.52 bits per heavy atom. The molecule has 1 fully saturated rings. The van der Waals surface area contributed by atoms with Crippen molar-refractivity contribution in [2.75, 3.05) is 5.75 Å². The number of piperidine rings is 1. The van der Waals surface area contributed by atoms with Crippen LogP contribution in [0, 0.1) is 6.92 Å². The maximum absolute atomic E-state index is 13.7. The van der Waals surface area contributed by atoms with Gasteiger partial charge in [0.2, 0.25) is 5.91 Å². The summed E-state index contributed by atoms with van der Waals surface area (Å²) < 4.78 is 1.63. The van der Waals surface area contributed by atoms with Gasteiger partial charge in [0.15, 0.2) is 5.16 Å².